The summed E-state index contributed by atoms with van der Waals surface area (Å²) in [5, 5.41) is 10.4. The third-order valence-electron chi connectivity index (χ3n) is 2.58. The average Bonchev–Trinajstić information content (AvgIpc) is 3.04. The lowest BCUT2D eigenvalue weighted by Gasteiger charge is -2.16. The normalized spacial score (nSPS) is 15.9. The third-order valence-corrected chi connectivity index (χ3v) is 6.04. The van der Waals surface area contributed by atoms with Crippen molar-refractivity contribution in [3.8, 4) is 0 Å². The molecular formula is C12H16N4O2S3. The Bertz CT molecular complexity index is 560. The van der Waals surface area contributed by atoms with Crippen LogP contribution in [0.2, 0.25) is 0 Å². The van der Waals surface area contributed by atoms with Crippen molar-refractivity contribution in [1.82, 2.24) is 20.4 Å². The minimum atomic E-state index is -0.360. The van der Waals surface area contributed by atoms with Gasteiger partial charge in [-0.05, 0) is 13.8 Å². The number of nitrogens with one attached hydrogen (secondary N) is 1. The van der Waals surface area contributed by atoms with E-state index in [0.29, 0.717) is 13.1 Å². The predicted octanol–water partition coefficient (Wildman–Crippen LogP) is 2.24. The Morgan fingerprint density at radius 2 is 2.24 bits per heavy atom. The van der Waals surface area contributed by atoms with Crippen molar-refractivity contribution in [2.45, 2.75) is 27.8 Å². The highest BCUT2D eigenvalue weighted by Crippen LogP contribution is 2.32. The van der Waals surface area contributed by atoms with Crippen LogP contribution in [0, 0.1) is 0 Å². The molecule has 1 aromatic rings. The van der Waals surface area contributed by atoms with Crippen molar-refractivity contribution in [1.29, 1.82) is 0 Å². The number of aromatic nitrogens is 2. The van der Waals surface area contributed by atoms with E-state index in [-0.39, 0.29) is 17.2 Å². The molecule has 3 amide bonds. The molecule has 0 bridgehead atoms. The van der Waals surface area contributed by atoms with Crippen LogP contribution in [0.5, 0.6) is 0 Å². The van der Waals surface area contributed by atoms with Crippen molar-refractivity contribution in [3.05, 3.63) is 12.2 Å². The summed E-state index contributed by atoms with van der Waals surface area (Å²) in [5.41, 5.74) is 1.08. The molecule has 2 heterocycles. The number of urea groups is 1. The minimum absolute atomic E-state index is 0.193. The second-order valence-corrected chi connectivity index (χ2v) is 8.35. The Kier molecular flexibility index (Phi) is 5.65. The van der Waals surface area contributed by atoms with Gasteiger partial charge in [0.15, 0.2) is 8.68 Å². The van der Waals surface area contributed by atoms with E-state index in [4.69, 9.17) is 0 Å². The lowest BCUT2D eigenvalue weighted by molar-refractivity contribution is -0.126. The fourth-order valence-electron chi connectivity index (χ4n) is 1.59. The summed E-state index contributed by atoms with van der Waals surface area (Å²) in [6.07, 6.45) is 0. The van der Waals surface area contributed by atoms with Crippen LogP contribution >= 0.6 is 34.9 Å². The zero-order valence-electron chi connectivity index (χ0n) is 11.8. The molecule has 114 valence electrons. The summed E-state index contributed by atoms with van der Waals surface area (Å²) in [7, 11) is 0. The first-order chi connectivity index (χ1) is 9.97. The fourth-order valence-corrected chi connectivity index (χ4v) is 4.66. The fraction of sp³-hybridized carbons (Fsp3) is 0.500. The molecule has 1 atom stereocenters. The summed E-state index contributed by atoms with van der Waals surface area (Å²) in [5.74, 6) is 0.614. The Morgan fingerprint density at radius 1 is 1.52 bits per heavy atom. The zero-order chi connectivity index (χ0) is 15.4. The van der Waals surface area contributed by atoms with E-state index in [0.717, 1.165) is 20.0 Å². The highest BCUT2D eigenvalue weighted by molar-refractivity contribution is 8.04. The Morgan fingerprint density at radius 3 is 2.86 bits per heavy atom. The largest absolute Gasteiger partial charge is 0.336 e. The van der Waals surface area contributed by atoms with Crippen LogP contribution in [0.1, 0.15) is 13.8 Å². The summed E-state index contributed by atoms with van der Waals surface area (Å²) < 4.78 is 1.60. The SMILES string of the molecule is C=C(C)CSc1nnc(S[C@H](C)C(=O)N2CCNC2=O)s1. The summed E-state index contributed by atoms with van der Waals surface area (Å²) in [4.78, 5) is 24.9. The van der Waals surface area contributed by atoms with Crippen molar-refractivity contribution in [2.75, 3.05) is 18.8 Å². The molecule has 21 heavy (non-hydrogen) atoms. The lowest BCUT2D eigenvalue weighted by atomic mass is 10.4. The molecule has 1 aliphatic rings. The van der Waals surface area contributed by atoms with Gasteiger partial charge in [-0.15, -0.1) is 10.2 Å². The lowest BCUT2D eigenvalue weighted by Crippen LogP contribution is -2.38. The number of rotatable bonds is 6. The first kappa shape index (κ1) is 16.3. The molecule has 0 spiro atoms. The number of imide groups is 1. The van der Waals surface area contributed by atoms with Crippen LogP contribution in [0.3, 0.4) is 0 Å². The van der Waals surface area contributed by atoms with Gasteiger partial charge in [-0.25, -0.2) is 4.79 Å². The summed E-state index contributed by atoms with van der Waals surface area (Å²) in [6.45, 7) is 8.53. The number of hydrogen-bond acceptors (Lipinski definition) is 7. The molecule has 0 unspecified atom stereocenters. The quantitative estimate of drug-likeness (QED) is 0.630. The number of amides is 3. The highest BCUT2D eigenvalue weighted by Gasteiger charge is 2.30. The van der Waals surface area contributed by atoms with Gasteiger partial charge in [0.1, 0.15) is 0 Å². The van der Waals surface area contributed by atoms with E-state index in [2.05, 4.69) is 22.1 Å². The van der Waals surface area contributed by atoms with Crippen molar-refractivity contribution < 1.29 is 9.59 Å². The smallest absolute Gasteiger partial charge is 0.324 e. The van der Waals surface area contributed by atoms with Gasteiger partial charge >= 0.3 is 6.03 Å². The van der Waals surface area contributed by atoms with E-state index in [1.54, 1.807) is 18.7 Å². The number of thioether (sulfide) groups is 2. The molecule has 1 saturated heterocycles. The molecule has 1 aliphatic heterocycles. The van der Waals surface area contributed by atoms with Gasteiger partial charge in [-0.3, -0.25) is 9.69 Å². The van der Waals surface area contributed by atoms with E-state index in [9.17, 15) is 9.59 Å². The van der Waals surface area contributed by atoms with E-state index >= 15 is 0 Å². The maximum Gasteiger partial charge on any atom is 0.324 e. The van der Waals surface area contributed by atoms with Crippen LogP contribution in [-0.4, -0.2) is 51.1 Å². The second-order valence-electron chi connectivity index (χ2n) is 4.56. The number of hydrogen-bond donors (Lipinski definition) is 1. The molecule has 9 heteroatoms. The van der Waals surface area contributed by atoms with E-state index in [1.807, 2.05) is 6.92 Å². The van der Waals surface area contributed by atoms with Gasteiger partial charge in [0.25, 0.3) is 0 Å². The zero-order valence-corrected chi connectivity index (χ0v) is 14.2. The second kappa shape index (κ2) is 7.28. The van der Waals surface area contributed by atoms with Crippen LogP contribution < -0.4 is 5.32 Å². The highest BCUT2D eigenvalue weighted by atomic mass is 32.2. The van der Waals surface area contributed by atoms with Crippen LogP contribution in [-0.2, 0) is 4.79 Å². The maximum absolute atomic E-state index is 12.2. The van der Waals surface area contributed by atoms with Gasteiger partial charge in [0, 0.05) is 18.8 Å². The summed E-state index contributed by atoms with van der Waals surface area (Å²) in [6, 6.07) is -0.317. The molecule has 0 saturated carbocycles. The number of carbonyl (C=O) groups is 2. The van der Waals surface area contributed by atoms with E-state index < -0.39 is 0 Å². The molecule has 0 aliphatic carbocycles. The van der Waals surface area contributed by atoms with Crippen LogP contribution in [0.4, 0.5) is 4.79 Å². The molecule has 2 rings (SSSR count). The van der Waals surface area contributed by atoms with Crippen molar-refractivity contribution in [2.24, 2.45) is 0 Å². The van der Waals surface area contributed by atoms with Crippen molar-refractivity contribution in [3.63, 3.8) is 0 Å². The molecular weight excluding hydrogens is 328 g/mol. The molecule has 1 aromatic heterocycles. The Labute approximate surface area is 135 Å². The van der Waals surface area contributed by atoms with Crippen molar-refractivity contribution >= 4 is 46.8 Å². The monoisotopic (exact) mass is 344 g/mol. The predicted molar refractivity (Wildman–Crippen MR) is 85.9 cm³/mol. The molecule has 1 N–H and O–H groups in total. The number of nitrogens with zero attached hydrogens (tertiary/aromatic N) is 3. The molecule has 1 fully saturated rings. The van der Waals surface area contributed by atoms with Gasteiger partial charge < -0.3 is 5.32 Å². The first-order valence-electron chi connectivity index (χ1n) is 6.34. The average molecular weight is 344 g/mol. The van der Waals surface area contributed by atoms with Crippen LogP contribution in [0.25, 0.3) is 0 Å². The van der Waals surface area contributed by atoms with E-state index in [1.165, 1.54) is 28.0 Å². The number of carbonyl (C=O) groups excluding carboxylic acids is 2. The third kappa shape index (κ3) is 4.45. The minimum Gasteiger partial charge on any atom is -0.336 e. The summed E-state index contributed by atoms with van der Waals surface area (Å²) >= 11 is 4.37. The topological polar surface area (TPSA) is 75.2 Å². The molecule has 0 radical (unpaired) electrons. The maximum atomic E-state index is 12.2. The van der Waals surface area contributed by atoms with Gasteiger partial charge in [-0.2, -0.15) is 0 Å². The molecule has 0 aromatic carbocycles. The Balaban J connectivity index is 1.90. The van der Waals surface area contributed by atoms with Crippen LogP contribution in [0.15, 0.2) is 20.8 Å². The van der Waals surface area contributed by atoms with Gasteiger partial charge in [0.05, 0.1) is 5.25 Å². The Hall–Kier alpha value is -1.06. The van der Waals surface area contributed by atoms with Gasteiger partial charge in [-0.1, -0.05) is 47.0 Å². The first-order valence-corrected chi connectivity index (χ1v) is 9.02. The van der Waals surface area contributed by atoms with Gasteiger partial charge in [0.2, 0.25) is 5.91 Å². The molecule has 6 nitrogen and oxygen atoms in total. The standard InChI is InChI=1S/C12H16N4O2S3/c1-7(2)6-19-11-14-15-12(21-11)20-8(3)9(17)16-5-4-13-10(16)18/h8H,1,4-6H2,2-3H3,(H,13,18)/t8-/m1/s1.